The molecule has 0 saturated heterocycles. The molecule has 2 heteroatoms. The van der Waals surface area contributed by atoms with Gasteiger partial charge >= 0.3 is 0 Å². The van der Waals surface area contributed by atoms with Gasteiger partial charge in [-0.25, -0.2) is 0 Å². The zero-order valence-corrected chi connectivity index (χ0v) is 16.9. The number of hydrogen-bond acceptors (Lipinski definition) is 2. The molecular weight excluding hydrogens is 292 g/mol. The zero-order chi connectivity index (χ0) is 18.1. The molecule has 0 amide bonds. The lowest BCUT2D eigenvalue weighted by atomic mass is 9.95. The van der Waals surface area contributed by atoms with Gasteiger partial charge in [0.05, 0.1) is 11.4 Å². The summed E-state index contributed by atoms with van der Waals surface area (Å²) in [6.45, 7) is 15.4. The van der Waals surface area contributed by atoms with Gasteiger partial charge in [0.15, 0.2) is 0 Å². The largest absolute Gasteiger partial charge is 0.257 e. The van der Waals surface area contributed by atoms with E-state index in [4.69, 9.17) is 9.98 Å². The summed E-state index contributed by atoms with van der Waals surface area (Å²) in [5.41, 5.74) is 8.89. The highest BCUT2D eigenvalue weighted by atomic mass is 14.8. The summed E-state index contributed by atoms with van der Waals surface area (Å²) in [5, 5.41) is 0. The molecule has 1 aromatic carbocycles. The van der Waals surface area contributed by atoms with Crippen LogP contribution in [0.5, 0.6) is 0 Å². The summed E-state index contributed by atoms with van der Waals surface area (Å²) in [7, 11) is 0. The molecule has 0 spiro atoms. The second kappa shape index (κ2) is 10.4. The Balaban J connectivity index is 3.62. The lowest BCUT2D eigenvalue weighted by Crippen LogP contribution is -1.99. The van der Waals surface area contributed by atoms with Gasteiger partial charge < -0.3 is 0 Å². The zero-order valence-electron chi connectivity index (χ0n) is 16.9. The van der Waals surface area contributed by atoms with Gasteiger partial charge in [-0.3, -0.25) is 9.98 Å². The average Bonchev–Trinajstić information content (AvgIpc) is 2.55. The third-order valence-electron chi connectivity index (χ3n) is 4.47. The van der Waals surface area contributed by atoms with Gasteiger partial charge in [0.2, 0.25) is 0 Å². The Kier molecular flexibility index (Phi) is 8.95. The molecule has 0 aliphatic heterocycles. The molecule has 134 valence electrons. The van der Waals surface area contributed by atoms with Crippen molar-refractivity contribution in [2.45, 2.75) is 93.4 Å². The average molecular weight is 329 g/mol. The van der Waals surface area contributed by atoms with Gasteiger partial charge in [-0.15, -0.1) is 0 Å². The third kappa shape index (κ3) is 5.29. The minimum absolute atomic E-state index is 0.983. The summed E-state index contributed by atoms with van der Waals surface area (Å²) in [4.78, 5) is 10.1. The predicted octanol–water partition coefficient (Wildman–Crippen LogP) is 7.16. The highest BCUT2D eigenvalue weighted by Gasteiger charge is 2.15. The minimum atomic E-state index is 0.983. The Morgan fingerprint density at radius 2 is 1.12 bits per heavy atom. The number of nitrogens with zero attached hydrogens (tertiary/aromatic N) is 2. The summed E-state index contributed by atoms with van der Waals surface area (Å²) in [6.07, 6.45) is 7.45. The van der Waals surface area contributed by atoms with Crippen LogP contribution in [-0.4, -0.2) is 11.4 Å². The van der Waals surface area contributed by atoms with E-state index < -0.39 is 0 Å². The van der Waals surface area contributed by atoms with Crippen molar-refractivity contribution < 1.29 is 0 Å². The minimum Gasteiger partial charge on any atom is -0.257 e. The quantitative estimate of drug-likeness (QED) is 0.430. The third-order valence-corrected chi connectivity index (χ3v) is 4.47. The maximum atomic E-state index is 5.03. The smallest absolute Gasteiger partial charge is 0.0714 e. The van der Waals surface area contributed by atoms with E-state index in [2.05, 4.69) is 54.5 Å². The normalized spacial score (nSPS) is 12.8. The van der Waals surface area contributed by atoms with Crippen LogP contribution >= 0.6 is 0 Å². The van der Waals surface area contributed by atoms with Gasteiger partial charge in [0.25, 0.3) is 0 Å². The number of rotatable bonds is 9. The van der Waals surface area contributed by atoms with E-state index in [1.165, 1.54) is 39.5 Å². The standard InChI is InChI=1S/C22H36N2/c1-8-13-16(6)23-21-18(10-3)15-19(11-4)22(20(21)12-5)24-17(7)14-9-2/h15H,8-14H2,1-7H3. The van der Waals surface area contributed by atoms with Crippen molar-refractivity contribution in [2.75, 3.05) is 0 Å². The van der Waals surface area contributed by atoms with Crippen molar-refractivity contribution >= 4 is 22.8 Å². The topological polar surface area (TPSA) is 24.7 Å². The van der Waals surface area contributed by atoms with Crippen LogP contribution in [0.25, 0.3) is 0 Å². The first kappa shape index (κ1) is 20.6. The highest BCUT2D eigenvalue weighted by molar-refractivity contribution is 5.89. The Morgan fingerprint density at radius 3 is 1.42 bits per heavy atom. The number of hydrogen-bond donors (Lipinski definition) is 0. The van der Waals surface area contributed by atoms with Crippen molar-refractivity contribution in [1.82, 2.24) is 0 Å². The second-order valence-corrected chi connectivity index (χ2v) is 6.63. The first-order valence-corrected chi connectivity index (χ1v) is 9.78. The maximum Gasteiger partial charge on any atom is 0.0714 e. The van der Waals surface area contributed by atoms with E-state index in [9.17, 15) is 0 Å². The van der Waals surface area contributed by atoms with Crippen LogP contribution in [0.15, 0.2) is 16.1 Å². The van der Waals surface area contributed by atoms with Crippen molar-refractivity contribution in [3.05, 3.63) is 22.8 Å². The van der Waals surface area contributed by atoms with Crippen molar-refractivity contribution in [3.63, 3.8) is 0 Å². The van der Waals surface area contributed by atoms with Crippen LogP contribution in [-0.2, 0) is 19.3 Å². The number of benzene rings is 1. The van der Waals surface area contributed by atoms with Gasteiger partial charge in [-0.1, -0.05) is 53.5 Å². The van der Waals surface area contributed by atoms with E-state index in [0.717, 1.165) is 44.9 Å². The van der Waals surface area contributed by atoms with E-state index in [1.807, 2.05) is 0 Å². The predicted molar refractivity (Wildman–Crippen MR) is 110 cm³/mol. The van der Waals surface area contributed by atoms with E-state index in [0.29, 0.717) is 0 Å². The van der Waals surface area contributed by atoms with Gasteiger partial charge in [0, 0.05) is 17.0 Å². The fourth-order valence-corrected chi connectivity index (χ4v) is 3.22. The Hall–Kier alpha value is -1.44. The van der Waals surface area contributed by atoms with Crippen molar-refractivity contribution in [2.24, 2.45) is 9.98 Å². The Morgan fingerprint density at radius 1 is 0.708 bits per heavy atom. The Bertz CT molecular complexity index is 546. The molecule has 0 fully saturated rings. The molecule has 0 saturated carbocycles. The van der Waals surface area contributed by atoms with Crippen LogP contribution in [0, 0.1) is 0 Å². The van der Waals surface area contributed by atoms with Crippen molar-refractivity contribution in [1.29, 1.82) is 0 Å². The first-order valence-electron chi connectivity index (χ1n) is 9.78. The van der Waals surface area contributed by atoms with Crippen LogP contribution in [0.1, 0.15) is 90.8 Å². The van der Waals surface area contributed by atoms with Crippen LogP contribution in [0.4, 0.5) is 11.4 Å². The van der Waals surface area contributed by atoms with Crippen molar-refractivity contribution in [3.8, 4) is 0 Å². The van der Waals surface area contributed by atoms with Crippen LogP contribution in [0.2, 0.25) is 0 Å². The molecule has 0 bridgehead atoms. The summed E-state index contributed by atoms with van der Waals surface area (Å²) >= 11 is 0. The van der Waals surface area contributed by atoms with Gasteiger partial charge in [0.1, 0.15) is 0 Å². The van der Waals surface area contributed by atoms with Crippen LogP contribution in [0.3, 0.4) is 0 Å². The molecule has 24 heavy (non-hydrogen) atoms. The fourth-order valence-electron chi connectivity index (χ4n) is 3.22. The fraction of sp³-hybridized carbons (Fsp3) is 0.636. The number of aryl methyl sites for hydroxylation is 2. The first-order chi connectivity index (χ1) is 11.5. The SMILES string of the molecule is CCCC(C)=Nc1c(CC)cc(CC)c(N=C(C)CCC)c1CC. The molecule has 0 heterocycles. The summed E-state index contributed by atoms with van der Waals surface area (Å²) in [5.74, 6) is 0. The molecule has 0 unspecified atom stereocenters. The molecule has 0 atom stereocenters. The molecular formula is C22H36N2. The lowest BCUT2D eigenvalue weighted by Gasteiger charge is -2.17. The van der Waals surface area contributed by atoms with Gasteiger partial charge in [-0.2, -0.15) is 0 Å². The Labute approximate surface area is 149 Å². The summed E-state index contributed by atoms with van der Waals surface area (Å²) < 4.78 is 0. The van der Waals surface area contributed by atoms with E-state index >= 15 is 0 Å². The number of aliphatic imine (C=N–C) groups is 2. The molecule has 0 aromatic heterocycles. The van der Waals surface area contributed by atoms with E-state index in [-0.39, 0.29) is 0 Å². The van der Waals surface area contributed by atoms with E-state index in [1.54, 1.807) is 0 Å². The molecule has 1 rings (SSSR count). The molecule has 0 aliphatic rings. The second-order valence-electron chi connectivity index (χ2n) is 6.63. The lowest BCUT2D eigenvalue weighted by molar-refractivity contribution is 0.977. The molecule has 0 radical (unpaired) electrons. The summed E-state index contributed by atoms with van der Waals surface area (Å²) in [6, 6.07) is 2.34. The highest BCUT2D eigenvalue weighted by Crippen LogP contribution is 2.38. The molecule has 2 nitrogen and oxygen atoms in total. The molecule has 0 aliphatic carbocycles. The van der Waals surface area contributed by atoms with Gasteiger partial charge in [-0.05, 0) is 57.1 Å². The maximum absolute atomic E-state index is 5.03. The molecule has 1 aromatic rings. The molecule has 0 N–H and O–H groups in total. The van der Waals surface area contributed by atoms with Crippen LogP contribution < -0.4 is 0 Å². The monoisotopic (exact) mass is 328 g/mol.